The summed E-state index contributed by atoms with van der Waals surface area (Å²) in [7, 11) is 0.711. The van der Waals surface area contributed by atoms with E-state index < -0.39 is 10.0 Å². The van der Waals surface area contributed by atoms with Crippen LogP contribution in [0.25, 0.3) is 0 Å². The van der Waals surface area contributed by atoms with Crippen LogP contribution in [0.2, 0.25) is 0 Å². The first-order valence-corrected chi connectivity index (χ1v) is 12.4. The van der Waals surface area contributed by atoms with E-state index in [4.69, 9.17) is 0 Å². The molecule has 0 aromatic heterocycles. The second-order valence-corrected chi connectivity index (χ2v) is 10.6. The highest BCUT2D eigenvalue weighted by Crippen LogP contribution is 2.29. The van der Waals surface area contributed by atoms with Crippen molar-refractivity contribution >= 4 is 21.6 Å². The second-order valence-electron chi connectivity index (χ2n) is 8.71. The van der Waals surface area contributed by atoms with Crippen LogP contribution in [0.15, 0.2) is 53.4 Å². The minimum Gasteiger partial charge on any atom is -0.311 e. The third-order valence-electron chi connectivity index (χ3n) is 6.42. The normalized spacial score (nSPS) is 19.6. The van der Waals surface area contributed by atoms with E-state index in [1.807, 2.05) is 35.2 Å². The largest absolute Gasteiger partial charge is 0.311 e. The number of benzene rings is 2. The van der Waals surface area contributed by atoms with Crippen molar-refractivity contribution < 1.29 is 13.2 Å². The van der Waals surface area contributed by atoms with Gasteiger partial charge in [-0.3, -0.25) is 4.79 Å². The molecule has 4 rings (SSSR count). The predicted molar refractivity (Wildman–Crippen MR) is 123 cm³/mol. The second kappa shape index (κ2) is 9.10. The molecule has 2 aliphatic rings. The molecule has 7 heteroatoms. The van der Waals surface area contributed by atoms with Gasteiger partial charge in [0.1, 0.15) is 0 Å². The number of nitrogens with zero attached hydrogens (tertiary/aromatic N) is 3. The van der Waals surface area contributed by atoms with Gasteiger partial charge in [0.15, 0.2) is 0 Å². The summed E-state index contributed by atoms with van der Waals surface area (Å²) in [6.45, 7) is 1.89. The van der Waals surface area contributed by atoms with Crippen molar-refractivity contribution in [2.75, 3.05) is 38.6 Å². The molecule has 1 unspecified atom stereocenters. The zero-order valence-corrected chi connectivity index (χ0v) is 19.1. The Labute approximate surface area is 185 Å². The maximum absolute atomic E-state index is 13.1. The molecule has 2 aromatic rings. The Balaban J connectivity index is 1.43. The van der Waals surface area contributed by atoms with Gasteiger partial charge >= 0.3 is 0 Å². The van der Waals surface area contributed by atoms with E-state index in [0.717, 1.165) is 30.5 Å². The SMILES string of the molecule is CN(C)C1Cc2ccccc2N(C(=O)CCc2ccc(S(=O)(=O)N3CCCC3)cc2)C1. The molecule has 0 spiro atoms. The highest BCUT2D eigenvalue weighted by Gasteiger charge is 2.29. The molecule has 2 aromatic carbocycles. The third-order valence-corrected chi connectivity index (χ3v) is 8.33. The number of likely N-dealkylation sites (N-methyl/N-ethyl adjacent to an activating group) is 1. The van der Waals surface area contributed by atoms with Crippen LogP contribution >= 0.6 is 0 Å². The van der Waals surface area contributed by atoms with Crippen LogP contribution in [0.5, 0.6) is 0 Å². The number of aryl methyl sites for hydroxylation is 1. The lowest BCUT2D eigenvalue weighted by atomic mass is 9.96. The summed E-state index contributed by atoms with van der Waals surface area (Å²) in [5.74, 6) is 0.104. The lowest BCUT2D eigenvalue weighted by molar-refractivity contribution is -0.118. The average molecular weight is 442 g/mol. The first-order valence-electron chi connectivity index (χ1n) is 11.0. The summed E-state index contributed by atoms with van der Waals surface area (Å²) >= 11 is 0. The number of hydrogen-bond acceptors (Lipinski definition) is 4. The Kier molecular flexibility index (Phi) is 6.46. The predicted octanol–water partition coefficient (Wildman–Crippen LogP) is 2.92. The topological polar surface area (TPSA) is 60.9 Å². The van der Waals surface area contributed by atoms with Gasteiger partial charge in [0, 0.05) is 37.8 Å². The molecule has 166 valence electrons. The van der Waals surface area contributed by atoms with Gasteiger partial charge in [-0.05, 0) is 69.1 Å². The number of para-hydroxylation sites is 1. The molecule has 0 bridgehead atoms. The highest BCUT2D eigenvalue weighted by atomic mass is 32.2. The van der Waals surface area contributed by atoms with E-state index in [1.165, 1.54) is 5.56 Å². The van der Waals surface area contributed by atoms with E-state index >= 15 is 0 Å². The number of sulfonamides is 1. The molecular weight excluding hydrogens is 410 g/mol. The highest BCUT2D eigenvalue weighted by molar-refractivity contribution is 7.89. The zero-order valence-electron chi connectivity index (χ0n) is 18.3. The Hall–Kier alpha value is -2.22. The number of anilines is 1. The molecule has 0 saturated carbocycles. The summed E-state index contributed by atoms with van der Waals surface area (Å²) in [6.07, 6.45) is 3.78. The van der Waals surface area contributed by atoms with E-state index in [9.17, 15) is 13.2 Å². The Morgan fingerprint density at radius 1 is 1.03 bits per heavy atom. The van der Waals surface area contributed by atoms with Crippen LogP contribution in [0, 0.1) is 0 Å². The van der Waals surface area contributed by atoms with Crippen molar-refractivity contribution in [1.82, 2.24) is 9.21 Å². The lowest BCUT2D eigenvalue weighted by Gasteiger charge is -2.37. The maximum atomic E-state index is 13.1. The first kappa shape index (κ1) is 22.0. The number of fused-ring (bicyclic) bond motifs is 1. The van der Waals surface area contributed by atoms with E-state index in [2.05, 4.69) is 25.1 Å². The Morgan fingerprint density at radius 2 is 1.71 bits per heavy atom. The molecule has 6 nitrogen and oxygen atoms in total. The lowest BCUT2D eigenvalue weighted by Crippen LogP contribution is -2.48. The van der Waals surface area contributed by atoms with Crippen molar-refractivity contribution in [2.24, 2.45) is 0 Å². The number of rotatable bonds is 6. The molecule has 31 heavy (non-hydrogen) atoms. The Morgan fingerprint density at radius 3 is 2.39 bits per heavy atom. The first-order chi connectivity index (χ1) is 14.9. The van der Waals surface area contributed by atoms with Crippen molar-refractivity contribution in [1.29, 1.82) is 0 Å². The van der Waals surface area contributed by atoms with Crippen LogP contribution in [0.4, 0.5) is 5.69 Å². The Bertz CT molecular complexity index is 1030. The van der Waals surface area contributed by atoms with Gasteiger partial charge in [-0.2, -0.15) is 4.31 Å². The van der Waals surface area contributed by atoms with Gasteiger partial charge in [0.05, 0.1) is 4.90 Å². The van der Waals surface area contributed by atoms with Gasteiger partial charge in [-0.1, -0.05) is 30.3 Å². The molecule has 1 amide bonds. The summed E-state index contributed by atoms with van der Waals surface area (Å²) in [5.41, 5.74) is 3.19. The van der Waals surface area contributed by atoms with E-state index in [-0.39, 0.29) is 5.91 Å². The van der Waals surface area contributed by atoms with E-state index in [1.54, 1.807) is 16.4 Å². The minimum absolute atomic E-state index is 0.104. The number of hydrogen-bond donors (Lipinski definition) is 0. The number of carbonyl (C=O) groups excluding carboxylic acids is 1. The molecule has 1 fully saturated rings. The van der Waals surface area contributed by atoms with Crippen molar-refractivity contribution in [3.63, 3.8) is 0 Å². The molecule has 1 saturated heterocycles. The minimum atomic E-state index is -3.40. The fourth-order valence-corrected chi connectivity index (χ4v) is 5.97. The quantitative estimate of drug-likeness (QED) is 0.692. The summed E-state index contributed by atoms with van der Waals surface area (Å²) in [6, 6.07) is 15.5. The standard InChI is InChI=1S/C24H31N3O3S/c1-25(2)21-17-20-7-3-4-8-23(20)27(18-21)24(28)14-11-19-9-12-22(13-10-19)31(29,30)26-15-5-6-16-26/h3-4,7-10,12-13,21H,5-6,11,14-18H2,1-2H3. The number of amides is 1. The molecule has 0 radical (unpaired) electrons. The van der Waals surface area contributed by atoms with Gasteiger partial charge in [0.25, 0.3) is 0 Å². The zero-order chi connectivity index (χ0) is 22.0. The smallest absolute Gasteiger partial charge is 0.243 e. The van der Waals surface area contributed by atoms with Crippen molar-refractivity contribution in [3.8, 4) is 0 Å². The fourth-order valence-electron chi connectivity index (χ4n) is 4.45. The molecule has 2 aliphatic heterocycles. The fraction of sp³-hybridized carbons (Fsp3) is 0.458. The molecular formula is C24H31N3O3S. The summed E-state index contributed by atoms with van der Waals surface area (Å²) in [5, 5.41) is 0. The average Bonchev–Trinajstić information content (AvgIpc) is 3.33. The van der Waals surface area contributed by atoms with Gasteiger partial charge in [-0.15, -0.1) is 0 Å². The molecule has 1 atom stereocenters. The number of carbonyl (C=O) groups is 1. The molecule has 0 aliphatic carbocycles. The third kappa shape index (κ3) is 4.68. The van der Waals surface area contributed by atoms with Crippen LogP contribution in [-0.2, 0) is 27.7 Å². The van der Waals surface area contributed by atoms with Crippen LogP contribution in [0.1, 0.15) is 30.4 Å². The van der Waals surface area contributed by atoms with Crippen molar-refractivity contribution in [3.05, 3.63) is 59.7 Å². The van der Waals surface area contributed by atoms with Crippen LogP contribution in [-0.4, -0.2) is 63.3 Å². The van der Waals surface area contributed by atoms with E-state index in [0.29, 0.717) is 43.4 Å². The van der Waals surface area contributed by atoms with Crippen LogP contribution in [0.3, 0.4) is 0 Å². The van der Waals surface area contributed by atoms with Crippen molar-refractivity contribution in [2.45, 2.75) is 43.0 Å². The van der Waals surface area contributed by atoms with Gasteiger partial charge in [-0.25, -0.2) is 8.42 Å². The monoisotopic (exact) mass is 441 g/mol. The molecule has 0 N–H and O–H groups in total. The summed E-state index contributed by atoms with van der Waals surface area (Å²) in [4.78, 5) is 17.5. The molecule has 2 heterocycles. The van der Waals surface area contributed by atoms with Crippen LogP contribution < -0.4 is 4.90 Å². The maximum Gasteiger partial charge on any atom is 0.243 e. The van der Waals surface area contributed by atoms with Gasteiger partial charge in [0.2, 0.25) is 15.9 Å². The van der Waals surface area contributed by atoms with Gasteiger partial charge < -0.3 is 9.80 Å². The summed E-state index contributed by atoms with van der Waals surface area (Å²) < 4.78 is 26.9.